The minimum absolute atomic E-state index is 0.134. The van der Waals surface area contributed by atoms with E-state index in [1.54, 1.807) is 6.20 Å². The van der Waals surface area contributed by atoms with E-state index < -0.39 is 14.2 Å². The van der Waals surface area contributed by atoms with Crippen LogP contribution in [-0.2, 0) is 22.6 Å². The Morgan fingerprint density at radius 2 is 2.21 bits per heavy atom. The highest BCUT2D eigenvalue weighted by Crippen LogP contribution is 2.33. The van der Waals surface area contributed by atoms with Crippen molar-refractivity contribution < 1.29 is 14.3 Å². The first-order valence-electron chi connectivity index (χ1n) is 9.72. The van der Waals surface area contributed by atoms with Gasteiger partial charge in [0.2, 0.25) is 0 Å². The van der Waals surface area contributed by atoms with Crippen LogP contribution < -0.4 is 11.1 Å². The third kappa shape index (κ3) is 5.73. The van der Waals surface area contributed by atoms with Crippen molar-refractivity contribution >= 4 is 52.6 Å². The molecule has 29 heavy (non-hydrogen) atoms. The smallest absolute Gasteiger partial charge is 0.404 e. The molecule has 2 unspecified atom stereocenters. The first kappa shape index (κ1) is 22.5. The highest BCUT2D eigenvalue weighted by molar-refractivity contribution is 9.10. The zero-order chi connectivity index (χ0) is 21.2. The summed E-state index contributed by atoms with van der Waals surface area (Å²) in [5, 5.41) is 4.70. The van der Waals surface area contributed by atoms with Crippen LogP contribution in [0, 0.1) is 5.92 Å². The number of pyridine rings is 1. The van der Waals surface area contributed by atoms with Crippen LogP contribution in [0.1, 0.15) is 5.69 Å². The van der Waals surface area contributed by atoms with Crippen LogP contribution in [-0.4, -0.2) is 49.5 Å². The van der Waals surface area contributed by atoms with E-state index in [2.05, 4.69) is 56.5 Å². The van der Waals surface area contributed by atoms with Gasteiger partial charge in [-0.05, 0) is 34.5 Å². The lowest BCUT2D eigenvalue weighted by molar-refractivity contribution is 0.0819. The normalized spacial score (nSPS) is 19.8. The maximum atomic E-state index is 11.2. The average Bonchev–Trinajstić information content (AvgIpc) is 3.19. The van der Waals surface area contributed by atoms with Gasteiger partial charge in [0.1, 0.15) is 18.0 Å². The lowest BCUT2D eigenvalue weighted by atomic mass is 10.00. The lowest BCUT2D eigenvalue weighted by Gasteiger charge is -2.20. The van der Waals surface area contributed by atoms with Gasteiger partial charge in [0.15, 0.2) is 0 Å². The highest BCUT2D eigenvalue weighted by atomic mass is 79.9. The minimum atomic E-state index is -1.16. The fourth-order valence-electron chi connectivity index (χ4n) is 3.54. The van der Waals surface area contributed by atoms with Crippen LogP contribution in [0.4, 0.5) is 4.79 Å². The third-order valence-corrected chi connectivity index (χ3v) is 8.20. The molecule has 0 radical (unpaired) electrons. The molecule has 2 atom stereocenters. The zero-order valence-corrected chi connectivity index (χ0v) is 20.3. The second kappa shape index (κ2) is 9.34. The number of nitrogens with two attached hydrogens (primary N) is 1. The van der Waals surface area contributed by atoms with Gasteiger partial charge in [-0.2, -0.15) is 0 Å². The van der Waals surface area contributed by atoms with Gasteiger partial charge in [-0.15, -0.1) is 0 Å². The van der Waals surface area contributed by atoms with E-state index in [1.807, 2.05) is 0 Å². The number of carbonyl (C=O) groups excluding carboxylic acids is 1. The van der Waals surface area contributed by atoms with Gasteiger partial charge in [0, 0.05) is 44.8 Å². The summed E-state index contributed by atoms with van der Waals surface area (Å²) in [7, 11) is -1.16. The largest absolute Gasteiger partial charge is 0.445 e. The number of hydrogen-bond donors (Lipinski definition) is 2. The van der Waals surface area contributed by atoms with Crippen molar-refractivity contribution in [2.75, 3.05) is 19.7 Å². The van der Waals surface area contributed by atoms with E-state index in [-0.39, 0.29) is 12.0 Å². The predicted molar refractivity (Wildman–Crippen MR) is 121 cm³/mol. The number of halogens is 2. The molecule has 0 aliphatic carbocycles. The summed E-state index contributed by atoms with van der Waals surface area (Å²) in [6, 6.07) is 3.21. The Balaban J connectivity index is 1.84. The van der Waals surface area contributed by atoms with Crippen molar-refractivity contribution in [3.8, 4) is 0 Å². The molecule has 2 aromatic rings. The molecule has 2 aromatic heterocycles. The van der Waals surface area contributed by atoms with E-state index in [0.29, 0.717) is 18.4 Å². The van der Waals surface area contributed by atoms with Gasteiger partial charge in [-0.3, -0.25) is 0 Å². The molecule has 10 heteroatoms. The molecule has 3 N–H and O–H groups in total. The summed E-state index contributed by atoms with van der Waals surface area (Å²) in [4.78, 5) is 15.5. The molecule has 0 aromatic carbocycles. The summed E-state index contributed by atoms with van der Waals surface area (Å²) in [6.07, 6.45) is 1.52. The second-order valence-corrected chi connectivity index (χ2v) is 15.4. The summed E-state index contributed by atoms with van der Waals surface area (Å²) >= 11 is 9.75. The van der Waals surface area contributed by atoms with Gasteiger partial charge < -0.3 is 25.1 Å². The number of amides is 1. The van der Waals surface area contributed by atoms with Crippen LogP contribution in [0.15, 0.2) is 16.7 Å². The van der Waals surface area contributed by atoms with E-state index in [1.165, 1.54) is 0 Å². The summed E-state index contributed by atoms with van der Waals surface area (Å²) in [5.41, 5.74) is 7.28. The van der Waals surface area contributed by atoms with E-state index >= 15 is 0 Å². The van der Waals surface area contributed by atoms with Crippen molar-refractivity contribution in [2.24, 2.45) is 11.7 Å². The molecule has 1 amide bonds. The fourth-order valence-corrected chi connectivity index (χ4v) is 4.87. The van der Waals surface area contributed by atoms with Crippen LogP contribution in [0.2, 0.25) is 30.8 Å². The predicted octanol–water partition coefficient (Wildman–Crippen LogP) is 3.99. The highest BCUT2D eigenvalue weighted by Gasteiger charge is 2.31. The van der Waals surface area contributed by atoms with Crippen LogP contribution in [0.5, 0.6) is 0 Å². The van der Waals surface area contributed by atoms with Crippen LogP contribution in [0.3, 0.4) is 0 Å². The number of carbonyl (C=O) groups is 1. The summed E-state index contributed by atoms with van der Waals surface area (Å²) in [6.45, 7) is 9.55. The van der Waals surface area contributed by atoms with E-state index in [0.717, 1.165) is 46.7 Å². The van der Waals surface area contributed by atoms with Gasteiger partial charge in [0.25, 0.3) is 0 Å². The lowest BCUT2D eigenvalue weighted by Crippen LogP contribution is -2.30. The van der Waals surface area contributed by atoms with Gasteiger partial charge in [0.05, 0.1) is 16.2 Å². The third-order valence-electron chi connectivity index (χ3n) is 5.18. The van der Waals surface area contributed by atoms with Crippen molar-refractivity contribution in [3.63, 3.8) is 0 Å². The molecular formula is C19H28BrClN4O3Si. The number of nitrogens with zero attached hydrogens (tertiary/aromatic N) is 2. The van der Waals surface area contributed by atoms with Crippen LogP contribution in [0.25, 0.3) is 10.9 Å². The topological polar surface area (TPSA) is 91.4 Å². The Labute approximate surface area is 185 Å². The minimum Gasteiger partial charge on any atom is -0.445 e. The molecule has 7 nitrogen and oxygen atoms in total. The molecule has 1 aliphatic rings. The maximum Gasteiger partial charge on any atom is 0.404 e. The number of ether oxygens (including phenoxy) is 2. The van der Waals surface area contributed by atoms with E-state index in [9.17, 15) is 4.79 Å². The van der Waals surface area contributed by atoms with Crippen molar-refractivity contribution in [1.82, 2.24) is 14.9 Å². The monoisotopic (exact) mass is 502 g/mol. The quantitative estimate of drug-likeness (QED) is 0.323. The first-order chi connectivity index (χ1) is 13.7. The Hall–Kier alpha value is -1.13. The molecule has 0 bridgehead atoms. The summed E-state index contributed by atoms with van der Waals surface area (Å²) < 4.78 is 14.2. The number of fused-ring (bicyclic) bond motifs is 1. The molecule has 3 rings (SSSR count). The molecule has 0 spiro atoms. The Morgan fingerprint density at radius 1 is 1.45 bits per heavy atom. The zero-order valence-electron chi connectivity index (χ0n) is 17.0. The SMILES string of the molecule is C[Si](C)(C)CCOCn1c(CC2CNCC2OC(N)=O)cc2c(Br)c(Cl)ncc21. The average molecular weight is 504 g/mol. The van der Waals surface area contributed by atoms with Gasteiger partial charge in [-0.25, -0.2) is 9.78 Å². The standard InChI is InChI=1S/C19H28BrClN4O3Si/c1-29(2,3)5-4-27-11-25-13(6-12-8-23-10-16(12)28-19(22)26)7-14-15(25)9-24-18(21)17(14)20/h7,9,12,16,23H,4-6,8,10-11H2,1-3H3,(H2,22,26). The summed E-state index contributed by atoms with van der Waals surface area (Å²) in [5.74, 6) is 0.134. The van der Waals surface area contributed by atoms with Gasteiger partial charge in [-0.1, -0.05) is 31.2 Å². The molecule has 160 valence electrons. The van der Waals surface area contributed by atoms with Crippen molar-refractivity contribution in [3.05, 3.63) is 27.6 Å². The number of aromatic nitrogens is 2. The van der Waals surface area contributed by atoms with Crippen molar-refractivity contribution in [1.29, 1.82) is 0 Å². The van der Waals surface area contributed by atoms with E-state index in [4.69, 9.17) is 26.8 Å². The number of rotatable bonds is 8. The Kier molecular flexibility index (Phi) is 7.26. The van der Waals surface area contributed by atoms with Crippen LogP contribution >= 0.6 is 27.5 Å². The maximum absolute atomic E-state index is 11.2. The molecule has 1 saturated heterocycles. The molecule has 3 heterocycles. The molecule has 1 aliphatic heterocycles. The molecule has 0 saturated carbocycles. The molecular weight excluding hydrogens is 476 g/mol. The number of primary amides is 1. The number of nitrogens with one attached hydrogen (secondary N) is 1. The van der Waals surface area contributed by atoms with Gasteiger partial charge >= 0.3 is 6.09 Å². The Bertz CT molecular complexity index is 886. The first-order valence-corrected chi connectivity index (χ1v) is 14.6. The second-order valence-electron chi connectivity index (χ2n) is 8.67. The number of hydrogen-bond acceptors (Lipinski definition) is 5. The Morgan fingerprint density at radius 3 is 2.90 bits per heavy atom. The molecule has 1 fully saturated rings. The fraction of sp³-hybridized carbons (Fsp3) is 0.579. The van der Waals surface area contributed by atoms with Crippen molar-refractivity contribution in [2.45, 2.75) is 44.9 Å².